The highest BCUT2D eigenvalue weighted by Crippen LogP contribution is 2.39. The van der Waals surface area contributed by atoms with Gasteiger partial charge in [0, 0.05) is 36.1 Å². The Bertz CT molecular complexity index is 1030. The number of pyridine rings is 1. The first-order valence-corrected chi connectivity index (χ1v) is 9.06. The number of benzene rings is 2. The Morgan fingerprint density at radius 2 is 1.62 bits per heavy atom. The van der Waals surface area contributed by atoms with Gasteiger partial charge in [-0.15, -0.1) is 0 Å². The molecule has 1 unspecified atom stereocenters. The highest BCUT2D eigenvalue weighted by atomic mass is 16.5. The molecule has 0 bridgehead atoms. The van der Waals surface area contributed by atoms with Crippen LogP contribution in [0.4, 0.5) is 11.4 Å². The second kappa shape index (κ2) is 7.71. The van der Waals surface area contributed by atoms with E-state index >= 15 is 0 Å². The Hall–Kier alpha value is -3.74. The molecule has 1 amide bonds. The standard InChI is InChI=1S/C22H21N3O4/c1-27-16-7-4-6-15(12-16)25-21(20-19(22(25)26)8-5-9-23-20)24-14-10-17(28-2)13-18(11-14)29-3/h4-13,21,24H,1-3H3. The summed E-state index contributed by atoms with van der Waals surface area (Å²) in [5.41, 5.74) is 2.66. The zero-order valence-corrected chi connectivity index (χ0v) is 16.4. The van der Waals surface area contributed by atoms with Crippen LogP contribution < -0.4 is 24.4 Å². The number of nitrogens with one attached hydrogen (secondary N) is 1. The minimum atomic E-state index is -0.498. The van der Waals surface area contributed by atoms with Crippen molar-refractivity contribution in [3.05, 3.63) is 72.1 Å². The monoisotopic (exact) mass is 391 g/mol. The maximum Gasteiger partial charge on any atom is 0.262 e. The number of hydrogen-bond acceptors (Lipinski definition) is 6. The highest BCUT2D eigenvalue weighted by molar-refractivity contribution is 6.11. The largest absolute Gasteiger partial charge is 0.497 e. The molecule has 29 heavy (non-hydrogen) atoms. The molecule has 1 atom stereocenters. The van der Waals surface area contributed by atoms with E-state index in [9.17, 15) is 4.79 Å². The van der Waals surface area contributed by atoms with E-state index in [1.807, 2.05) is 36.4 Å². The fourth-order valence-electron chi connectivity index (χ4n) is 3.39. The average Bonchev–Trinajstić information content (AvgIpc) is 3.05. The molecule has 2 heterocycles. The molecule has 0 radical (unpaired) electrons. The van der Waals surface area contributed by atoms with Gasteiger partial charge in [-0.3, -0.25) is 14.7 Å². The van der Waals surface area contributed by atoms with Crippen LogP contribution in [0.25, 0.3) is 0 Å². The molecule has 7 nitrogen and oxygen atoms in total. The van der Waals surface area contributed by atoms with Gasteiger partial charge < -0.3 is 19.5 Å². The molecule has 2 aromatic carbocycles. The molecule has 0 saturated heterocycles. The summed E-state index contributed by atoms with van der Waals surface area (Å²) in [6.45, 7) is 0. The van der Waals surface area contributed by atoms with Crippen LogP contribution in [-0.4, -0.2) is 32.2 Å². The molecule has 1 aliphatic heterocycles. The smallest absolute Gasteiger partial charge is 0.262 e. The van der Waals surface area contributed by atoms with Crippen molar-refractivity contribution >= 4 is 17.3 Å². The fourth-order valence-corrected chi connectivity index (χ4v) is 3.39. The number of hydrogen-bond donors (Lipinski definition) is 1. The number of amides is 1. The quantitative estimate of drug-likeness (QED) is 0.688. The zero-order valence-electron chi connectivity index (χ0n) is 16.4. The number of nitrogens with zero attached hydrogens (tertiary/aromatic N) is 2. The van der Waals surface area contributed by atoms with Crippen molar-refractivity contribution in [1.82, 2.24) is 4.98 Å². The lowest BCUT2D eigenvalue weighted by atomic mass is 10.2. The number of methoxy groups -OCH3 is 3. The number of carbonyl (C=O) groups is 1. The Balaban J connectivity index is 1.78. The van der Waals surface area contributed by atoms with Crippen molar-refractivity contribution in [2.24, 2.45) is 0 Å². The molecule has 3 aromatic rings. The minimum Gasteiger partial charge on any atom is -0.497 e. The van der Waals surface area contributed by atoms with Crippen LogP contribution in [0.3, 0.4) is 0 Å². The van der Waals surface area contributed by atoms with Crippen LogP contribution in [0, 0.1) is 0 Å². The van der Waals surface area contributed by atoms with E-state index in [1.165, 1.54) is 0 Å². The van der Waals surface area contributed by atoms with E-state index in [0.717, 1.165) is 5.69 Å². The Kier molecular flexibility index (Phi) is 4.95. The summed E-state index contributed by atoms with van der Waals surface area (Å²) in [5.74, 6) is 1.82. The number of ether oxygens (including phenoxy) is 3. The number of anilines is 2. The summed E-state index contributed by atoms with van der Waals surface area (Å²) >= 11 is 0. The van der Waals surface area contributed by atoms with Crippen molar-refractivity contribution in [1.29, 1.82) is 0 Å². The molecule has 4 rings (SSSR count). The second-order valence-corrected chi connectivity index (χ2v) is 6.46. The van der Waals surface area contributed by atoms with Gasteiger partial charge in [-0.05, 0) is 24.3 Å². The number of aromatic nitrogens is 1. The van der Waals surface area contributed by atoms with Gasteiger partial charge >= 0.3 is 0 Å². The van der Waals surface area contributed by atoms with E-state index in [0.29, 0.717) is 34.2 Å². The second-order valence-electron chi connectivity index (χ2n) is 6.46. The lowest BCUT2D eigenvalue weighted by Gasteiger charge is -2.27. The van der Waals surface area contributed by atoms with Gasteiger partial charge in [0.2, 0.25) is 0 Å². The van der Waals surface area contributed by atoms with E-state index in [2.05, 4.69) is 10.3 Å². The molecule has 0 fully saturated rings. The summed E-state index contributed by atoms with van der Waals surface area (Å²) in [4.78, 5) is 19.3. The third kappa shape index (κ3) is 3.42. The predicted octanol–water partition coefficient (Wildman–Crippen LogP) is 3.88. The van der Waals surface area contributed by atoms with Gasteiger partial charge in [-0.1, -0.05) is 6.07 Å². The highest BCUT2D eigenvalue weighted by Gasteiger charge is 2.39. The van der Waals surface area contributed by atoms with Crippen molar-refractivity contribution in [2.75, 3.05) is 31.5 Å². The first-order chi connectivity index (χ1) is 14.1. The fraction of sp³-hybridized carbons (Fsp3) is 0.182. The molecule has 0 saturated carbocycles. The Labute approximate surface area is 168 Å². The SMILES string of the molecule is COc1cc(NC2c3ncccc3C(=O)N2c2cccc(OC)c2)cc(OC)c1. The van der Waals surface area contributed by atoms with Gasteiger partial charge in [0.1, 0.15) is 17.2 Å². The Morgan fingerprint density at radius 1 is 0.897 bits per heavy atom. The average molecular weight is 391 g/mol. The van der Waals surface area contributed by atoms with Crippen LogP contribution in [0.2, 0.25) is 0 Å². The lowest BCUT2D eigenvalue weighted by molar-refractivity contribution is 0.0993. The molecular weight excluding hydrogens is 370 g/mol. The topological polar surface area (TPSA) is 72.9 Å². The summed E-state index contributed by atoms with van der Waals surface area (Å²) in [6, 6.07) is 16.4. The predicted molar refractivity (Wildman–Crippen MR) is 110 cm³/mol. The first kappa shape index (κ1) is 18.6. The molecule has 0 spiro atoms. The van der Waals surface area contributed by atoms with Gasteiger partial charge in [-0.25, -0.2) is 0 Å². The van der Waals surface area contributed by atoms with Crippen LogP contribution in [0.15, 0.2) is 60.8 Å². The molecule has 148 valence electrons. The maximum absolute atomic E-state index is 13.2. The summed E-state index contributed by atoms with van der Waals surface area (Å²) in [5, 5.41) is 3.40. The van der Waals surface area contributed by atoms with Gasteiger partial charge in [0.25, 0.3) is 5.91 Å². The normalized spacial score (nSPS) is 15.1. The van der Waals surface area contributed by atoms with Crippen molar-refractivity contribution in [2.45, 2.75) is 6.17 Å². The number of carbonyl (C=O) groups excluding carboxylic acids is 1. The van der Waals surface area contributed by atoms with Crippen molar-refractivity contribution in [3.63, 3.8) is 0 Å². The van der Waals surface area contributed by atoms with Crippen LogP contribution >= 0.6 is 0 Å². The van der Waals surface area contributed by atoms with Gasteiger partial charge in [0.05, 0.1) is 38.3 Å². The third-order valence-corrected chi connectivity index (χ3v) is 4.79. The molecule has 1 N–H and O–H groups in total. The summed E-state index contributed by atoms with van der Waals surface area (Å²) < 4.78 is 16.1. The number of rotatable bonds is 6. The molecule has 7 heteroatoms. The Morgan fingerprint density at radius 3 is 2.31 bits per heavy atom. The van der Waals surface area contributed by atoms with Gasteiger partial charge in [0.15, 0.2) is 6.17 Å². The molecule has 1 aromatic heterocycles. The van der Waals surface area contributed by atoms with Crippen LogP contribution in [-0.2, 0) is 0 Å². The first-order valence-electron chi connectivity index (χ1n) is 9.06. The molecular formula is C22H21N3O4. The van der Waals surface area contributed by atoms with E-state index < -0.39 is 6.17 Å². The molecule has 1 aliphatic rings. The molecule has 0 aliphatic carbocycles. The van der Waals surface area contributed by atoms with Crippen LogP contribution in [0.1, 0.15) is 22.2 Å². The third-order valence-electron chi connectivity index (χ3n) is 4.79. The lowest BCUT2D eigenvalue weighted by Crippen LogP contribution is -2.32. The summed E-state index contributed by atoms with van der Waals surface area (Å²) in [6.07, 6.45) is 1.18. The van der Waals surface area contributed by atoms with Crippen LogP contribution in [0.5, 0.6) is 17.2 Å². The van der Waals surface area contributed by atoms with Crippen molar-refractivity contribution in [3.8, 4) is 17.2 Å². The maximum atomic E-state index is 13.2. The number of fused-ring (bicyclic) bond motifs is 1. The van der Waals surface area contributed by atoms with E-state index in [1.54, 1.807) is 50.6 Å². The zero-order chi connectivity index (χ0) is 20.4. The summed E-state index contributed by atoms with van der Waals surface area (Å²) in [7, 11) is 4.79. The van der Waals surface area contributed by atoms with Crippen molar-refractivity contribution < 1.29 is 19.0 Å². The van der Waals surface area contributed by atoms with E-state index in [4.69, 9.17) is 14.2 Å². The van der Waals surface area contributed by atoms with Gasteiger partial charge in [-0.2, -0.15) is 0 Å². The van der Waals surface area contributed by atoms with E-state index in [-0.39, 0.29) is 5.91 Å². The minimum absolute atomic E-state index is 0.131.